The third-order valence-corrected chi connectivity index (χ3v) is 6.01. The summed E-state index contributed by atoms with van der Waals surface area (Å²) in [5, 5.41) is 2.51. The van der Waals surface area contributed by atoms with Gasteiger partial charge >= 0.3 is 6.18 Å². The largest absolute Gasteiger partial charge is 0.416 e. The number of sulfonamides is 1. The highest BCUT2D eigenvalue weighted by Gasteiger charge is 2.30. The first-order valence-corrected chi connectivity index (χ1v) is 10.8. The van der Waals surface area contributed by atoms with Crippen molar-refractivity contribution in [3.8, 4) is 0 Å². The first-order valence-electron chi connectivity index (χ1n) is 8.98. The summed E-state index contributed by atoms with van der Waals surface area (Å²) in [5.74, 6) is -1.12. The van der Waals surface area contributed by atoms with E-state index >= 15 is 0 Å². The predicted octanol–water partition coefficient (Wildman–Crippen LogP) is 5.23. The Kier molecular flexibility index (Phi) is 6.75. The molecular formula is C21H15ClF4N2O3S. The number of anilines is 1. The van der Waals surface area contributed by atoms with Crippen molar-refractivity contribution in [3.05, 3.63) is 94.3 Å². The zero-order chi connectivity index (χ0) is 23.5. The third-order valence-electron chi connectivity index (χ3n) is 4.30. The molecule has 0 aliphatic carbocycles. The number of carbonyl (C=O) groups excluding carboxylic acids is 1. The molecule has 3 aromatic rings. The summed E-state index contributed by atoms with van der Waals surface area (Å²) in [6.45, 7) is 0.0366. The van der Waals surface area contributed by atoms with Crippen LogP contribution in [0, 0.1) is 5.82 Å². The van der Waals surface area contributed by atoms with Gasteiger partial charge in [0.2, 0.25) is 0 Å². The normalized spacial score (nSPS) is 11.8. The number of amides is 1. The average molecular weight is 487 g/mol. The molecule has 0 radical (unpaired) electrons. The minimum atomic E-state index is -4.64. The summed E-state index contributed by atoms with van der Waals surface area (Å²) in [4.78, 5) is 12.1. The summed E-state index contributed by atoms with van der Waals surface area (Å²) in [7, 11) is -4.32. The number of halogens is 5. The van der Waals surface area contributed by atoms with Crippen molar-refractivity contribution in [2.75, 3.05) is 4.72 Å². The molecule has 3 aromatic carbocycles. The van der Waals surface area contributed by atoms with Crippen LogP contribution in [-0.2, 0) is 22.7 Å². The molecule has 5 nitrogen and oxygen atoms in total. The SMILES string of the molecule is O=C(NCc1ccc(F)cc1)c1cc(S(=O)(=O)Nc2cccc(C(F)(F)F)c2)ccc1Cl. The van der Waals surface area contributed by atoms with Gasteiger partial charge in [0.25, 0.3) is 15.9 Å². The molecule has 1 amide bonds. The van der Waals surface area contributed by atoms with E-state index in [0.717, 1.165) is 24.3 Å². The first-order chi connectivity index (χ1) is 15.0. The van der Waals surface area contributed by atoms with Crippen LogP contribution in [0.4, 0.5) is 23.2 Å². The summed E-state index contributed by atoms with van der Waals surface area (Å²) >= 11 is 6.02. The molecule has 0 saturated heterocycles. The molecule has 0 aliphatic heterocycles. The lowest BCUT2D eigenvalue weighted by Crippen LogP contribution is -2.24. The smallest absolute Gasteiger partial charge is 0.348 e. The maximum atomic E-state index is 13.0. The quantitative estimate of drug-likeness (QED) is 0.469. The van der Waals surface area contributed by atoms with Crippen LogP contribution in [0.1, 0.15) is 21.5 Å². The molecule has 0 aromatic heterocycles. The highest BCUT2D eigenvalue weighted by Crippen LogP contribution is 2.31. The number of carbonyl (C=O) groups is 1. The van der Waals surface area contributed by atoms with E-state index in [0.29, 0.717) is 11.6 Å². The number of alkyl halides is 3. The molecule has 32 heavy (non-hydrogen) atoms. The van der Waals surface area contributed by atoms with Gasteiger partial charge in [-0.3, -0.25) is 9.52 Å². The fraction of sp³-hybridized carbons (Fsp3) is 0.0952. The molecule has 0 heterocycles. The van der Waals surface area contributed by atoms with Crippen LogP contribution >= 0.6 is 11.6 Å². The first kappa shape index (κ1) is 23.6. The molecule has 0 unspecified atom stereocenters. The maximum Gasteiger partial charge on any atom is 0.416 e. The van der Waals surface area contributed by atoms with Gasteiger partial charge < -0.3 is 5.32 Å². The van der Waals surface area contributed by atoms with Crippen LogP contribution in [-0.4, -0.2) is 14.3 Å². The van der Waals surface area contributed by atoms with Gasteiger partial charge in [-0.2, -0.15) is 13.2 Å². The lowest BCUT2D eigenvalue weighted by molar-refractivity contribution is -0.137. The van der Waals surface area contributed by atoms with Gasteiger partial charge in [0, 0.05) is 12.2 Å². The van der Waals surface area contributed by atoms with Crippen LogP contribution in [0.2, 0.25) is 5.02 Å². The highest BCUT2D eigenvalue weighted by atomic mass is 35.5. The fourth-order valence-corrected chi connectivity index (χ4v) is 3.98. The van der Waals surface area contributed by atoms with E-state index in [1.807, 2.05) is 0 Å². The molecule has 0 atom stereocenters. The summed E-state index contributed by atoms with van der Waals surface area (Å²) < 4.78 is 79.0. The van der Waals surface area contributed by atoms with Crippen molar-refractivity contribution in [1.29, 1.82) is 0 Å². The average Bonchev–Trinajstić information content (AvgIpc) is 2.72. The third kappa shape index (κ3) is 5.77. The van der Waals surface area contributed by atoms with Gasteiger partial charge in [-0.05, 0) is 54.1 Å². The van der Waals surface area contributed by atoms with E-state index in [-0.39, 0.29) is 27.7 Å². The predicted molar refractivity (Wildman–Crippen MR) is 111 cm³/mol. The van der Waals surface area contributed by atoms with Crippen molar-refractivity contribution in [2.24, 2.45) is 0 Å². The van der Waals surface area contributed by atoms with E-state index in [2.05, 4.69) is 10.0 Å². The van der Waals surface area contributed by atoms with E-state index < -0.39 is 33.5 Å². The Morgan fingerprint density at radius 1 is 0.969 bits per heavy atom. The molecule has 0 aliphatic rings. The minimum Gasteiger partial charge on any atom is -0.348 e. The number of nitrogens with one attached hydrogen (secondary N) is 2. The van der Waals surface area contributed by atoms with Crippen LogP contribution < -0.4 is 10.0 Å². The van der Waals surface area contributed by atoms with Crippen molar-refractivity contribution < 1.29 is 30.8 Å². The molecule has 168 valence electrons. The van der Waals surface area contributed by atoms with E-state index in [1.165, 1.54) is 36.4 Å². The molecule has 0 spiro atoms. The summed E-state index contributed by atoms with van der Waals surface area (Å²) in [6, 6.07) is 12.4. The topological polar surface area (TPSA) is 75.3 Å². The summed E-state index contributed by atoms with van der Waals surface area (Å²) in [5.41, 5.74) is -0.863. The van der Waals surface area contributed by atoms with E-state index in [9.17, 15) is 30.8 Å². The fourth-order valence-electron chi connectivity index (χ4n) is 2.70. The van der Waals surface area contributed by atoms with Gasteiger partial charge in [0.15, 0.2) is 0 Å². The molecule has 0 bridgehead atoms. The van der Waals surface area contributed by atoms with E-state index in [1.54, 1.807) is 0 Å². The Balaban J connectivity index is 1.80. The maximum absolute atomic E-state index is 13.0. The second kappa shape index (κ2) is 9.17. The van der Waals surface area contributed by atoms with Crippen molar-refractivity contribution in [1.82, 2.24) is 5.32 Å². The molecule has 2 N–H and O–H groups in total. The highest BCUT2D eigenvalue weighted by molar-refractivity contribution is 7.92. The zero-order valence-corrected chi connectivity index (χ0v) is 17.7. The van der Waals surface area contributed by atoms with Crippen molar-refractivity contribution in [3.63, 3.8) is 0 Å². The number of rotatable bonds is 6. The second-order valence-electron chi connectivity index (χ2n) is 6.63. The number of benzene rings is 3. The molecular weight excluding hydrogens is 472 g/mol. The lowest BCUT2D eigenvalue weighted by atomic mass is 10.2. The van der Waals surface area contributed by atoms with Gasteiger partial charge in [-0.1, -0.05) is 29.8 Å². The number of hydrogen-bond donors (Lipinski definition) is 2. The van der Waals surface area contributed by atoms with Gasteiger partial charge in [0.05, 0.1) is 21.0 Å². The molecule has 0 saturated carbocycles. The summed E-state index contributed by atoms with van der Waals surface area (Å²) in [6.07, 6.45) is -4.64. The standard InChI is InChI=1S/C21H15ClF4N2O3S/c22-19-9-8-17(11-18(19)20(29)27-12-13-4-6-15(23)7-5-13)32(30,31)28-16-3-1-2-14(10-16)21(24,25)26/h1-11,28H,12H2,(H,27,29). The van der Waals surface area contributed by atoms with Crippen molar-refractivity contribution in [2.45, 2.75) is 17.6 Å². The zero-order valence-electron chi connectivity index (χ0n) is 16.1. The lowest BCUT2D eigenvalue weighted by Gasteiger charge is -2.13. The molecule has 0 fully saturated rings. The molecule has 11 heteroatoms. The van der Waals surface area contributed by atoms with Crippen LogP contribution in [0.15, 0.2) is 71.6 Å². The second-order valence-corrected chi connectivity index (χ2v) is 8.72. The molecule has 3 rings (SSSR count). The Morgan fingerprint density at radius 3 is 2.31 bits per heavy atom. The van der Waals surface area contributed by atoms with Crippen LogP contribution in [0.25, 0.3) is 0 Å². The Morgan fingerprint density at radius 2 is 1.66 bits per heavy atom. The Labute approximate surface area is 186 Å². The van der Waals surface area contributed by atoms with Gasteiger partial charge in [0.1, 0.15) is 5.82 Å². The van der Waals surface area contributed by atoms with Crippen LogP contribution in [0.3, 0.4) is 0 Å². The Bertz CT molecular complexity index is 1250. The van der Waals surface area contributed by atoms with E-state index in [4.69, 9.17) is 11.6 Å². The monoisotopic (exact) mass is 486 g/mol. The van der Waals surface area contributed by atoms with Crippen molar-refractivity contribution >= 4 is 33.2 Å². The number of hydrogen-bond acceptors (Lipinski definition) is 3. The minimum absolute atomic E-state index is 0.0281. The van der Waals surface area contributed by atoms with Crippen LogP contribution in [0.5, 0.6) is 0 Å². The van der Waals surface area contributed by atoms with Gasteiger partial charge in [-0.25, -0.2) is 12.8 Å². The van der Waals surface area contributed by atoms with Gasteiger partial charge in [-0.15, -0.1) is 0 Å². The Hall–Kier alpha value is -3.11.